The Morgan fingerprint density at radius 1 is 1.17 bits per heavy atom. The molecule has 6 nitrogen and oxygen atoms in total. The first-order valence-electron chi connectivity index (χ1n) is 7.44. The van der Waals surface area contributed by atoms with Gasteiger partial charge in [-0.05, 0) is 43.3 Å². The number of nitrogens with one attached hydrogen (secondary N) is 1. The van der Waals surface area contributed by atoms with Gasteiger partial charge in [-0.15, -0.1) is 0 Å². The van der Waals surface area contributed by atoms with Crippen LogP contribution in [-0.4, -0.2) is 29.7 Å². The molecule has 0 aliphatic carbocycles. The van der Waals surface area contributed by atoms with Gasteiger partial charge in [0, 0.05) is 37.6 Å². The molecule has 1 amide bonds. The first kappa shape index (κ1) is 15.8. The van der Waals surface area contributed by atoms with Crippen LogP contribution in [0.25, 0.3) is 0 Å². The highest BCUT2D eigenvalue weighted by atomic mass is 32.2. The summed E-state index contributed by atoms with van der Waals surface area (Å²) < 4.78 is 29.4. The van der Waals surface area contributed by atoms with E-state index in [1.807, 2.05) is 25.3 Å². The summed E-state index contributed by atoms with van der Waals surface area (Å²) >= 11 is 0. The summed E-state index contributed by atoms with van der Waals surface area (Å²) in [6.45, 7) is 4.40. The van der Waals surface area contributed by atoms with Crippen LogP contribution in [0, 0.1) is 0 Å². The van der Waals surface area contributed by atoms with Gasteiger partial charge in [0.05, 0.1) is 10.9 Å². The second kappa shape index (κ2) is 5.82. The molecule has 1 N–H and O–H groups in total. The van der Waals surface area contributed by atoms with Gasteiger partial charge < -0.3 is 9.88 Å². The number of fused-ring (bicyclic) bond motifs is 1. The van der Waals surface area contributed by atoms with Crippen LogP contribution >= 0.6 is 0 Å². The quantitative estimate of drug-likeness (QED) is 0.936. The van der Waals surface area contributed by atoms with E-state index >= 15 is 0 Å². The van der Waals surface area contributed by atoms with Crippen molar-refractivity contribution in [3.63, 3.8) is 0 Å². The molecule has 0 fully saturated rings. The molecule has 3 rings (SSSR count). The van der Waals surface area contributed by atoms with Crippen LogP contribution in [-0.2, 0) is 21.4 Å². The highest BCUT2D eigenvalue weighted by Crippen LogP contribution is 2.31. The third kappa shape index (κ3) is 2.89. The zero-order valence-corrected chi connectivity index (χ0v) is 13.9. The van der Waals surface area contributed by atoms with Crippen molar-refractivity contribution in [1.29, 1.82) is 0 Å². The zero-order valence-electron chi connectivity index (χ0n) is 13.1. The van der Waals surface area contributed by atoms with Crippen LogP contribution in [0.2, 0.25) is 0 Å². The van der Waals surface area contributed by atoms with E-state index in [-0.39, 0.29) is 16.8 Å². The highest BCUT2D eigenvalue weighted by Gasteiger charge is 2.33. The van der Waals surface area contributed by atoms with E-state index in [2.05, 4.69) is 9.88 Å². The number of carbonyl (C=O) groups is 1. The first-order chi connectivity index (χ1) is 10.9. The molecule has 1 aliphatic rings. The molecule has 7 heteroatoms. The highest BCUT2D eigenvalue weighted by molar-refractivity contribution is 7.89. The fraction of sp³-hybridized carbons (Fsp3) is 0.312. The van der Waals surface area contributed by atoms with Crippen LogP contribution in [0.5, 0.6) is 0 Å². The van der Waals surface area contributed by atoms with Gasteiger partial charge in [0.15, 0.2) is 0 Å². The van der Waals surface area contributed by atoms with Gasteiger partial charge in [-0.3, -0.25) is 4.79 Å². The number of amides is 1. The molecular formula is C16H19N3O3S. The van der Waals surface area contributed by atoms with E-state index in [9.17, 15) is 13.2 Å². The number of carbonyl (C=O) groups excluding carboxylic acids is 1. The molecule has 1 aliphatic heterocycles. The molecule has 0 bridgehead atoms. The molecule has 0 spiro atoms. The van der Waals surface area contributed by atoms with Crippen LogP contribution in [0.4, 0.5) is 5.69 Å². The van der Waals surface area contributed by atoms with Crippen molar-refractivity contribution >= 4 is 21.6 Å². The number of aromatic nitrogens is 1. The summed E-state index contributed by atoms with van der Waals surface area (Å²) in [5, 5.41) is 2.63. The van der Waals surface area contributed by atoms with E-state index in [0.717, 1.165) is 5.69 Å². The number of hydrogen-bond acceptors (Lipinski definition) is 3. The Kier molecular flexibility index (Phi) is 3.99. The molecule has 2 heterocycles. The lowest BCUT2D eigenvalue weighted by atomic mass is 10.2. The smallest absolute Gasteiger partial charge is 0.243 e. The number of benzene rings is 1. The molecular weight excluding hydrogens is 314 g/mol. The lowest BCUT2D eigenvalue weighted by molar-refractivity contribution is -0.114. The van der Waals surface area contributed by atoms with E-state index in [4.69, 9.17) is 0 Å². The maximum atomic E-state index is 12.9. The molecule has 0 saturated heterocycles. The van der Waals surface area contributed by atoms with Crippen LogP contribution in [0.1, 0.15) is 25.6 Å². The lowest BCUT2D eigenvalue weighted by Gasteiger charge is -2.33. The Morgan fingerprint density at radius 2 is 1.87 bits per heavy atom. The summed E-state index contributed by atoms with van der Waals surface area (Å²) in [6.07, 6.45) is 1.97. The SMILES string of the molecule is CC(=O)Nc1ccc(S(=O)(=O)N2CCn3cccc3[C@@H]2C)cc1. The Labute approximate surface area is 135 Å². The Hall–Kier alpha value is -2.12. The summed E-state index contributed by atoms with van der Waals surface area (Å²) in [4.78, 5) is 11.3. The van der Waals surface area contributed by atoms with Crippen molar-refractivity contribution in [1.82, 2.24) is 8.87 Å². The Morgan fingerprint density at radius 3 is 2.52 bits per heavy atom. The molecule has 1 aromatic carbocycles. The average molecular weight is 333 g/mol. The Balaban J connectivity index is 1.88. The minimum absolute atomic E-state index is 0.189. The summed E-state index contributed by atoms with van der Waals surface area (Å²) in [7, 11) is -3.57. The maximum Gasteiger partial charge on any atom is 0.243 e. The van der Waals surface area contributed by atoms with Gasteiger partial charge >= 0.3 is 0 Å². The van der Waals surface area contributed by atoms with Gasteiger partial charge in [0.2, 0.25) is 15.9 Å². The van der Waals surface area contributed by atoms with Crippen molar-refractivity contribution in [2.24, 2.45) is 0 Å². The molecule has 0 unspecified atom stereocenters. The fourth-order valence-corrected chi connectivity index (χ4v) is 4.53. The van der Waals surface area contributed by atoms with Crippen LogP contribution in [0.15, 0.2) is 47.5 Å². The zero-order chi connectivity index (χ0) is 16.6. The van der Waals surface area contributed by atoms with Crippen molar-refractivity contribution in [3.8, 4) is 0 Å². The van der Waals surface area contributed by atoms with Crippen molar-refractivity contribution < 1.29 is 13.2 Å². The molecule has 1 aromatic heterocycles. The minimum atomic E-state index is -3.57. The van der Waals surface area contributed by atoms with Crippen molar-refractivity contribution in [2.45, 2.75) is 31.3 Å². The molecule has 0 radical (unpaired) electrons. The predicted molar refractivity (Wildman–Crippen MR) is 87.5 cm³/mol. The van der Waals surface area contributed by atoms with Crippen LogP contribution in [0.3, 0.4) is 0 Å². The molecule has 23 heavy (non-hydrogen) atoms. The minimum Gasteiger partial charge on any atom is -0.349 e. The number of hydrogen-bond donors (Lipinski definition) is 1. The maximum absolute atomic E-state index is 12.9. The summed E-state index contributed by atoms with van der Waals surface area (Å²) in [6, 6.07) is 9.94. The lowest BCUT2D eigenvalue weighted by Crippen LogP contribution is -2.40. The second-order valence-corrected chi connectivity index (χ2v) is 7.51. The molecule has 122 valence electrons. The van der Waals surface area contributed by atoms with E-state index in [1.54, 1.807) is 12.1 Å². The topological polar surface area (TPSA) is 71.4 Å². The third-order valence-electron chi connectivity index (χ3n) is 4.07. The number of rotatable bonds is 3. The van der Waals surface area contributed by atoms with Crippen molar-refractivity contribution in [3.05, 3.63) is 48.3 Å². The van der Waals surface area contributed by atoms with Gasteiger partial charge in [0.25, 0.3) is 0 Å². The summed E-state index contributed by atoms with van der Waals surface area (Å²) in [5.41, 5.74) is 1.58. The van der Waals surface area contributed by atoms with Gasteiger partial charge in [-0.1, -0.05) is 0 Å². The van der Waals surface area contributed by atoms with E-state index in [1.165, 1.54) is 23.4 Å². The van der Waals surface area contributed by atoms with Gasteiger partial charge in [-0.2, -0.15) is 4.31 Å². The van der Waals surface area contributed by atoms with Gasteiger partial charge in [0.1, 0.15) is 0 Å². The molecule has 2 aromatic rings. The molecule has 1 atom stereocenters. The van der Waals surface area contributed by atoms with Gasteiger partial charge in [-0.25, -0.2) is 8.42 Å². The monoisotopic (exact) mass is 333 g/mol. The number of anilines is 1. The Bertz CT molecular complexity index is 825. The molecule has 0 saturated carbocycles. The number of nitrogens with zero attached hydrogens (tertiary/aromatic N) is 2. The second-order valence-electron chi connectivity index (χ2n) is 5.62. The van der Waals surface area contributed by atoms with E-state index < -0.39 is 10.0 Å². The van der Waals surface area contributed by atoms with Crippen molar-refractivity contribution in [2.75, 3.05) is 11.9 Å². The third-order valence-corrected chi connectivity index (χ3v) is 6.05. The number of sulfonamides is 1. The van der Waals surface area contributed by atoms with E-state index in [0.29, 0.717) is 18.8 Å². The normalized spacial score (nSPS) is 18.4. The predicted octanol–water partition coefficient (Wildman–Crippen LogP) is 2.21. The largest absolute Gasteiger partial charge is 0.349 e. The first-order valence-corrected chi connectivity index (χ1v) is 8.88. The standard InChI is InChI=1S/C16H19N3O3S/c1-12-16-4-3-9-18(16)10-11-19(12)23(21,22)15-7-5-14(6-8-15)17-13(2)20/h3-9,12H,10-11H2,1-2H3,(H,17,20)/t12-/m0/s1. The fourth-order valence-electron chi connectivity index (χ4n) is 2.93. The van der Waals surface area contributed by atoms with Crippen LogP contribution < -0.4 is 5.32 Å². The average Bonchev–Trinajstić information content (AvgIpc) is 2.96. The summed E-state index contributed by atoms with van der Waals surface area (Å²) in [5.74, 6) is -0.189.